The van der Waals surface area contributed by atoms with Crippen LogP contribution < -0.4 is 0 Å². The highest BCUT2D eigenvalue weighted by atomic mass is 32.2. The maximum atomic E-state index is 12.1. The fourth-order valence-electron chi connectivity index (χ4n) is 2.57. The zero-order chi connectivity index (χ0) is 11.9. The second-order valence-corrected chi connectivity index (χ2v) is 6.62. The van der Waals surface area contributed by atoms with Crippen molar-refractivity contribution < 1.29 is 8.42 Å². The van der Waals surface area contributed by atoms with Gasteiger partial charge in [-0.25, -0.2) is 8.42 Å². The van der Waals surface area contributed by atoms with Crippen LogP contribution in [0.5, 0.6) is 0 Å². The van der Waals surface area contributed by atoms with Crippen LogP contribution in [0.4, 0.5) is 0 Å². The lowest BCUT2D eigenvalue weighted by Gasteiger charge is -2.09. The first-order chi connectivity index (χ1) is 8.18. The molecule has 0 saturated heterocycles. The SMILES string of the molecule is O=S1(=O)CCCCc2c1ccc1ccccc21. The van der Waals surface area contributed by atoms with Gasteiger partial charge in [0.15, 0.2) is 9.84 Å². The molecule has 2 aromatic rings. The van der Waals surface area contributed by atoms with Gasteiger partial charge in [-0.2, -0.15) is 0 Å². The van der Waals surface area contributed by atoms with Gasteiger partial charge in [-0.05, 0) is 41.7 Å². The predicted octanol–water partition coefficient (Wildman–Crippen LogP) is 2.95. The third-order valence-corrected chi connectivity index (χ3v) is 5.30. The molecule has 3 rings (SSSR count). The van der Waals surface area contributed by atoms with E-state index in [2.05, 4.69) is 0 Å². The molecule has 0 saturated carbocycles. The molecule has 0 spiro atoms. The Morgan fingerprint density at radius 1 is 0.941 bits per heavy atom. The molecule has 0 radical (unpaired) electrons. The van der Waals surface area contributed by atoms with Crippen LogP contribution in [-0.4, -0.2) is 14.2 Å². The molecule has 0 amide bonds. The van der Waals surface area contributed by atoms with E-state index in [-0.39, 0.29) is 0 Å². The smallest absolute Gasteiger partial charge is 0.178 e. The average molecular weight is 246 g/mol. The summed E-state index contributed by atoms with van der Waals surface area (Å²) in [6, 6.07) is 11.7. The first kappa shape index (κ1) is 10.8. The monoisotopic (exact) mass is 246 g/mol. The van der Waals surface area contributed by atoms with Gasteiger partial charge in [0, 0.05) is 0 Å². The fourth-order valence-corrected chi connectivity index (χ4v) is 4.24. The topological polar surface area (TPSA) is 34.1 Å². The van der Waals surface area contributed by atoms with E-state index >= 15 is 0 Å². The van der Waals surface area contributed by atoms with Crippen LogP contribution in [0.3, 0.4) is 0 Å². The molecule has 1 aliphatic heterocycles. The van der Waals surface area contributed by atoms with E-state index in [9.17, 15) is 8.42 Å². The molecule has 0 aromatic heterocycles. The molecule has 0 N–H and O–H groups in total. The van der Waals surface area contributed by atoms with E-state index in [0.29, 0.717) is 10.6 Å². The Morgan fingerprint density at radius 2 is 1.76 bits per heavy atom. The van der Waals surface area contributed by atoms with E-state index in [4.69, 9.17) is 0 Å². The summed E-state index contributed by atoms with van der Waals surface area (Å²) in [7, 11) is -3.07. The number of hydrogen-bond acceptors (Lipinski definition) is 2. The van der Waals surface area contributed by atoms with E-state index in [1.54, 1.807) is 6.07 Å². The quantitative estimate of drug-likeness (QED) is 0.716. The molecule has 17 heavy (non-hydrogen) atoms. The van der Waals surface area contributed by atoms with Gasteiger partial charge in [-0.1, -0.05) is 30.3 Å². The van der Waals surface area contributed by atoms with Crippen LogP contribution >= 0.6 is 0 Å². The van der Waals surface area contributed by atoms with Crippen LogP contribution in [-0.2, 0) is 16.3 Å². The number of benzene rings is 2. The van der Waals surface area contributed by atoms with Gasteiger partial charge in [0.05, 0.1) is 10.6 Å². The number of fused-ring (bicyclic) bond motifs is 3. The first-order valence-electron chi connectivity index (χ1n) is 5.92. The minimum atomic E-state index is -3.07. The molecular weight excluding hydrogens is 232 g/mol. The minimum absolute atomic E-state index is 0.290. The summed E-state index contributed by atoms with van der Waals surface area (Å²) in [5.41, 5.74) is 1.01. The van der Waals surface area contributed by atoms with Crippen molar-refractivity contribution in [3.63, 3.8) is 0 Å². The summed E-state index contributed by atoms with van der Waals surface area (Å²) in [6.07, 6.45) is 2.60. The van der Waals surface area contributed by atoms with Crippen LogP contribution in [0.15, 0.2) is 41.3 Å². The predicted molar refractivity (Wildman–Crippen MR) is 68.9 cm³/mol. The zero-order valence-corrected chi connectivity index (χ0v) is 10.3. The molecule has 0 bridgehead atoms. The molecular formula is C14H14O2S. The van der Waals surface area contributed by atoms with Gasteiger partial charge in [-0.15, -0.1) is 0 Å². The third kappa shape index (κ3) is 1.75. The Balaban J connectivity index is 2.40. The molecule has 1 aliphatic rings. The van der Waals surface area contributed by atoms with E-state index in [1.807, 2.05) is 30.3 Å². The summed E-state index contributed by atoms with van der Waals surface area (Å²) in [5.74, 6) is 0.290. The second kappa shape index (κ2) is 3.84. The molecule has 0 unspecified atom stereocenters. The van der Waals surface area contributed by atoms with Gasteiger partial charge < -0.3 is 0 Å². The third-order valence-electron chi connectivity index (χ3n) is 3.42. The van der Waals surface area contributed by atoms with Crippen molar-refractivity contribution >= 4 is 20.6 Å². The molecule has 2 nitrogen and oxygen atoms in total. The lowest BCUT2D eigenvalue weighted by molar-refractivity contribution is 0.595. The molecule has 0 fully saturated rings. The van der Waals surface area contributed by atoms with Crippen molar-refractivity contribution in [2.45, 2.75) is 24.2 Å². The van der Waals surface area contributed by atoms with E-state index < -0.39 is 9.84 Å². The van der Waals surface area contributed by atoms with Crippen molar-refractivity contribution in [3.8, 4) is 0 Å². The van der Waals surface area contributed by atoms with Crippen LogP contribution in [0.1, 0.15) is 18.4 Å². The van der Waals surface area contributed by atoms with Crippen molar-refractivity contribution in [2.75, 3.05) is 5.75 Å². The summed E-state index contributed by atoms with van der Waals surface area (Å²) in [4.78, 5) is 0.550. The van der Waals surface area contributed by atoms with Gasteiger partial charge in [-0.3, -0.25) is 0 Å². The summed E-state index contributed by atoms with van der Waals surface area (Å²) < 4.78 is 24.3. The highest BCUT2D eigenvalue weighted by Crippen LogP contribution is 2.30. The average Bonchev–Trinajstić information content (AvgIpc) is 2.48. The van der Waals surface area contributed by atoms with Gasteiger partial charge >= 0.3 is 0 Å². The number of hydrogen-bond donors (Lipinski definition) is 0. The molecule has 2 aromatic carbocycles. The second-order valence-electron chi connectivity index (χ2n) is 4.54. The maximum absolute atomic E-state index is 12.1. The molecule has 88 valence electrons. The standard InChI is InChI=1S/C14H14O2S/c15-17(16)10-4-3-7-13-12-6-2-1-5-11(12)8-9-14(13)17/h1-2,5-6,8-9H,3-4,7,10H2. The van der Waals surface area contributed by atoms with Gasteiger partial charge in [0.2, 0.25) is 0 Å². The Labute approximate surface area is 101 Å². The Bertz CT molecular complexity index is 672. The largest absolute Gasteiger partial charge is 0.224 e. The minimum Gasteiger partial charge on any atom is -0.224 e. The van der Waals surface area contributed by atoms with E-state index in [1.165, 1.54) is 0 Å². The molecule has 0 aliphatic carbocycles. The fraction of sp³-hybridized carbons (Fsp3) is 0.286. The van der Waals surface area contributed by atoms with Crippen molar-refractivity contribution in [1.82, 2.24) is 0 Å². The number of rotatable bonds is 0. The Kier molecular flexibility index (Phi) is 2.44. The van der Waals surface area contributed by atoms with Crippen LogP contribution in [0, 0.1) is 0 Å². The maximum Gasteiger partial charge on any atom is 0.178 e. The van der Waals surface area contributed by atoms with Gasteiger partial charge in [0.1, 0.15) is 0 Å². The van der Waals surface area contributed by atoms with Gasteiger partial charge in [0.25, 0.3) is 0 Å². The molecule has 1 heterocycles. The molecule has 0 atom stereocenters. The van der Waals surface area contributed by atoms with Crippen LogP contribution in [0.25, 0.3) is 10.8 Å². The summed E-state index contributed by atoms with van der Waals surface area (Å²) in [6.45, 7) is 0. The normalized spacial score (nSPS) is 18.6. The number of sulfone groups is 1. The van der Waals surface area contributed by atoms with Crippen LogP contribution in [0.2, 0.25) is 0 Å². The van der Waals surface area contributed by atoms with Crippen molar-refractivity contribution in [1.29, 1.82) is 0 Å². The number of aryl methyl sites for hydroxylation is 1. The Hall–Kier alpha value is -1.35. The zero-order valence-electron chi connectivity index (χ0n) is 9.52. The first-order valence-corrected chi connectivity index (χ1v) is 7.57. The lowest BCUT2D eigenvalue weighted by Crippen LogP contribution is -2.06. The lowest BCUT2D eigenvalue weighted by atomic mass is 10.0. The summed E-state index contributed by atoms with van der Waals surface area (Å²) >= 11 is 0. The highest BCUT2D eigenvalue weighted by Gasteiger charge is 2.22. The Morgan fingerprint density at radius 3 is 2.65 bits per heavy atom. The van der Waals surface area contributed by atoms with Crippen molar-refractivity contribution in [3.05, 3.63) is 42.0 Å². The molecule has 3 heteroatoms. The van der Waals surface area contributed by atoms with Crippen molar-refractivity contribution in [2.24, 2.45) is 0 Å². The highest BCUT2D eigenvalue weighted by molar-refractivity contribution is 7.91. The van der Waals surface area contributed by atoms with E-state index in [0.717, 1.165) is 35.6 Å². The summed E-state index contributed by atoms with van der Waals surface area (Å²) in [5, 5.41) is 2.22.